The van der Waals surface area contributed by atoms with Gasteiger partial charge < -0.3 is 62.6 Å². The molecule has 2 aliphatic heterocycles. The van der Waals surface area contributed by atoms with Gasteiger partial charge in [-0.2, -0.15) is 0 Å². The van der Waals surface area contributed by atoms with Gasteiger partial charge in [0, 0.05) is 118 Å². The molecule has 2 rings (SSSR count). The van der Waals surface area contributed by atoms with E-state index in [2.05, 4.69) is 53.2 Å². The molecular formula is C28H56N10O6. The van der Waals surface area contributed by atoms with Gasteiger partial charge in [-0.05, 0) is 12.8 Å². The summed E-state index contributed by atoms with van der Waals surface area (Å²) in [6.07, 6.45) is 0.482. The average molecular weight is 629 g/mol. The summed E-state index contributed by atoms with van der Waals surface area (Å²) >= 11 is 0. The minimum atomic E-state index is -0.854. The van der Waals surface area contributed by atoms with E-state index >= 15 is 0 Å². The minimum absolute atomic E-state index is 0.211. The molecule has 254 valence electrons. The topological polar surface area (TPSA) is 207 Å². The molecule has 0 bridgehead atoms. The van der Waals surface area contributed by atoms with Crippen molar-refractivity contribution >= 4 is 23.6 Å². The lowest BCUT2D eigenvalue weighted by Crippen LogP contribution is -2.46. The summed E-state index contributed by atoms with van der Waals surface area (Å²) in [5, 5.41) is 31.0. The van der Waals surface area contributed by atoms with Crippen LogP contribution < -0.4 is 53.2 Å². The summed E-state index contributed by atoms with van der Waals surface area (Å²) < 4.78 is 11.3. The molecule has 0 aliphatic carbocycles. The monoisotopic (exact) mass is 628 g/mol. The van der Waals surface area contributed by atoms with Gasteiger partial charge in [-0.15, -0.1) is 0 Å². The first-order valence-corrected chi connectivity index (χ1v) is 16.1. The Hall–Kier alpha value is -2.44. The van der Waals surface area contributed by atoms with E-state index in [1.807, 2.05) is 0 Å². The fourth-order valence-corrected chi connectivity index (χ4v) is 4.53. The number of nitrogens with one attached hydrogen (secondary N) is 10. The Morgan fingerprint density at radius 2 is 0.591 bits per heavy atom. The molecule has 0 spiro atoms. The highest BCUT2D eigenvalue weighted by Gasteiger charge is 2.27. The molecule has 0 radical (unpaired) electrons. The Bertz CT molecular complexity index is 693. The molecular weight excluding hydrogens is 572 g/mol. The highest BCUT2D eigenvalue weighted by molar-refractivity contribution is 6.00. The van der Waals surface area contributed by atoms with Crippen LogP contribution >= 0.6 is 0 Å². The number of ether oxygens (including phenoxy) is 2. The lowest BCUT2D eigenvalue weighted by Gasteiger charge is -2.18. The van der Waals surface area contributed by atoms with Gasteiger partial charge in [0.1, 0.15) is 11.8 Å². The quantitative estimate of drug-likeness (QED) is 0.0861. The van der Waals surface area contributed by atoms with E-state index in [1.165, 1.54) is 0 Å². The van der Waals surface area contributed by atoms with Crippen LogP contribution in [0.1, 0.15) is 12.8 Å². The first kappa shape index (κ1) is 37.7. The molecule has 0 saturated carbocycles. The molecule has 44 heavy (non-hydrogen) atoms. The molecule has 2 fully saturated rings. The van der Waals surface area contributed by atoms with E-state index in [-0.39, 0.29) is 62.9 Å². The van der Waals surface area contributed by atoms with E-state index in [4.69, 9.17) is 9.47 Å². The van der Waals surface area contributed by atoms with Gasteiger partial charge in [0.15, 0.2) is 0 Å². The second-order valence-electron chi connectivity index (χ2n) is 10.6. The van der Waals surface area contributed by atoms with Crippen LogP contribution in [0.15, 0.2) is 0 Å². The van der Waals surface area contributed by atoms with Crippen LogP contribution in [-0.2, 0) is 28.7 Å². The molecule has 2 heterocycles. The minimum Gasteiger partial charge on any atom is -0.379 e. The second kappa shape index (κ2) is 25.8. The van der Waals surface area contributed by atoms with Crippen molar-refractivity contribution in [3.05, 3.63) is 0 Å². The molecule has 16 nitrogen and oxygen atoms in total. The van der Waals surface area contributed by atoms with Crippen LogP contribution in [0.3, 0.4) is 0 Å². The molecule has 16 heteroatoms. The van der Waals surface area contributed by atoms with Crippen molar-refractivity contribution in [1.82, 2.24) is 53.2 Å². The lowest BCUT2D eigenvalue weighted by atomic mass is 10.0. The van der Waals surface area contributed by atoms with E-state index in [9.17, 15) is 19.2 Å². The van der Waals surface area contributed by atoms with Gasteiger partial charge in [0.05, 0.1) is 13.2 Å². The van der Waals surface area contributed by atoms with E-state index in [0.29, 0.717) is 52.4 Å². The summed E-state index contributed by atoms with van der Waals surface area (Å²) in [5.74, 6) is -3.00. The molecule has 2 aliphatic rings. The smallest absolute Gasteiger partial charge is 0.232 e. The normalized spacial score (nSPS) is 21.5. The Kier molecular flexibility index (Phi) is 22.2. The van der Waals surface area contributed by atoms with Crippen LogP contribution in [0.5, 0.6) is 0 Å². The Labute approximate surface area is 261 Å². The Morgan fingerprint density at radius 3 is 0.841 bits per heavy atom. The fraction of sp³-hybridized carbons (Fsp3) is 0.857. The third-order valence-corrected chi connectivity index (χ3v) is 7.06. The summed E-state index contributed by atoms with van der Waals surface area (Å²) in [4.78, 5) is 50.9. The van der Waals surface area contributed by atoms with Crippen molar-refractivity contribution in [1.29, 1.82) is 0 Å². The first-order valence-electron chi connectivity index (χ1n) is 16.1. The first-order chi connectivity index (χ1) is 21.6. The standard InChI is InChI=1S/C28H56N10O6/c39-25-23(26(40)36-16-12-32-8-4-29-3-7-31-11-15-35-25)1-19-43-21-22-44-20-2-24-27(41)37-17-13-33-9-5-30-6-10-34-14-18-38-28(24)42/h23-24,29-34H,1-22H2,(H,35,39)(H,36,40)(H,37,41)(H,38,42). The highest BCUT2D eigenvalue weighted by Crippen LogP contribution is 2.06. The zero-order valence-electron chi connectivity index (χ0n) is 26.2. The van der Waals surface area contributed by atoms with E-state index < -0.39 is 11.8 Å². The number of carbonyl (C=O) groups is 4. The second-order valence-corrected chi connectivity index (χ2v) is 10.6. The zero-order valence-corrected chi connectivity index (χ0v) is 26.2. The van der Waals surface area contributed by atoms with Gasteiger partial charge >= 0.3 is 0 Å². The molecule has 0 aromatic heterocycles. The van der Waals surface area contributed by atoms with Crippen molar-refractivity contribution in [3.8, 4) is 0 Å². The lowest BCUT2D eigenvalue weighted by molar-refractivity contribution is -0.138. The average Bonchev–Trinajstić information content (AvgIpc) is 3.01. The highest BCUT2D eigenvalue weighted by atomic mass is 16.5. The molecule has 0 unspecified atom stereocenters. The zero-order chi connectivity index (χ0) is 31.5. The van der Waals surface area contributed by atoms with Gasteiger partial charge in [0.25, 0.3) is 0 Å². The fourth-order valence-electron chi connectivity index (χ4n) is 4.53. The van der Waals surface area contributed by atoms with Crippen LogP contribution in [0.4, 0.5) is 0 Å². The van der Waals surface area contributed by atoms with Gasteiger partial charge in [-0.1, -0.05) is 0 Å². The molecule has 2 saturated heterocycles. The Morgan fingerprint density at radius 1 is 0.364 bits per heavy atom. The molecule has 0 atom stereocenters. The third kappa shape index (κ3) is 18.4. The number of carbonyl (C=O) groups excluding carboxylic acids is 4. The summed E-state index contributed by atoms with van der Waals surface area (Å²) in [5.41, 5.74) is 0. The summed E-state index contributed by atoms with van der Waals surface area (Å²) in [6, 6.07) is 0. The van der Waals surface area contributed by atoms with E-state index in [0.717, 1.165) is 52.4 Å². The molecule has 0 aromatic carbocycles. The predicted molar refractivity (Wildman–Crippen MR) is 167 cm³/mol. The van der Waals surface area contributed by atoms with Crippen molar-refractivity contribution in [2.24, 2.45) is 11.8 Å². The largest absolute Gasteiger partial charge is 0.379 e. The summed E-state index contributed by atoms with van der Waals surface area (Å²) in [6.45, 7) is 11.7. The van der Waals surface area contributed by atoms with Crippen molar-refractivity contribution in [2.75, 3.05) is 131 Å². The SMILES string of the molecule is O=C1NCCNCCNCCNCCNC(=O)C1CCOCCOCCC1C(=O)NCCNCCNCCNCCNC1=O. The number of hydrogen-bond donors (Lipinski definition) is 10. The van der Waals surface area contributed by atoms with E-state index in [1.54, 1.807) is 0 Å². The van der Waals surface area contributed by atoms with Gasteiger partial charge in [-0.3, -0.25) is 19.2 Å². The maximum Gasteiger partial charge on any atom is 0.232 e. The van der Waals surface area contributed by atoms with Crippen LogP contribution in [-0.4, -0.2) is 155 Å². The Balaban J connectivity index is 1.70. The number of rotatable bonds is 9. The maximum absolute atomic E-state index is 12.7. The number of hydrogen-bond acceptors (Lipinski definition) is 12. The van der Waals surface area contributed by atoms with Crippen molar-refractivity contribution < 1.29 is 28.7 Å². The maximum atomic E-state index is 12.7. The summed E-state index contributed by atoms with van der Waals surface area (Å²) in [7, 11) is 0. The van der Waals surface area contributed by atoms with Crippen LogP contribution in [0.25, 0.3) is 0 Å². The van der Waals surface area contributed by atoms with Gasteiger partial charge in [0.2, 0.25) is 23.6 Å². The van der Waals surface area contributed by atoms with Crippen LogP contribution in [0, 0.1) is 11.8 Å². The van der Waals surface area contributed by atoms with Crippen molar-refractivity contribution in [3.63, 3.8) is 0 Å². The number of amides is 4. The predicted octanol–water partition coefficient (Wildman–Crippen LogP) is -4.94. The molecule has 10 N–H and O–H groups in total. The third-order valence-electron chi connectivity index (χ3n) is 7.06. The van der Waals surface area contributed by atoms with Crippen molar-refractivity contribution in [2.45, 2.75) is 12.8 Å². The molecule has 0 aromatic rings. The van der Waals surface area contributed by atoms with Crippen LogP contribution in [0.2, 0.25) is 0 Å². The molecule has 4 amide bonds. The van der Waals surface area contributed by atoms with Gasteiger partial charge in [-0.25, -0.2) is 0 Å².